The summed E-state index contributed by atoms with van der Waals surface area (Å²) in [5.74, 6) is 0.419. The number of nitrogens with zero attached hydrogens (tertiary/aromatic N) is 1. The summed E-state index contributed by atoms with van der Waals surface area (Å²) >= 11 is 0. The van der Waals surface area contributed by atoms with Crippen LogP contribution >= 0.6 is 0 Å². The van der Waals surface area contributed by atoms with Crippen molar-refractivity contribution in [2.45, 2.75) is 58.2 Å². The summed E-state index contributed by atoms with van der Waals surface area (Å²) in [6, 6.07) is 6.15. The zero-order valence-electron chi connectivity index (χ0n) is 17.7. The van der Waals surface area contributed by atoms with Crippen LogP contribution in [0.4, 0.5) is 4.79 Å². The predicted octanol–water partition coefficient (Wildman–Crippen LogP) is 3.30. The highest BCUT2D eigenvalue weighted by molar-refractivity contribution is 5.89. The molecule has 7 nitrogen and oxygen atoms in total. The molecule has 4 atom stereocenters. The molecule has 29 heavy (non-hydrogen) atoms. The monoisotopic (exact) mass is 402 g/mol. The van der Waals surface area contributed by atoms with E-state index in [1.54, 1.807) is 29.2 Å². The largest absolute Gasteiger partial charge is 0.465 e. The minimum Gasteiger partial charge on any atom is -0.465 e. The normalized spacial score (nSPS) is 24.2. The van der Waals surface area contributed by atoms with Gasteiger partial charge in [0.1, 0.15) is 11.6 Å². The highest BCUT2D eigenvalue weighted by atomic mass is 16.6. The molecular weight excluding hydrogens is 372 g/mol. The third kappa shape index (κ3) is 5.08. The van der Waals surface area contributed by atoms with Gasteiger partial charge in [0.05, 0.1) is 18.7 Å². The lowest BCUT2D eigenvalue weighted by atomic mass is 10.0. The summed E-state index contributed by atoms with van der Waals surface area (Å²) in [4.78, 5) is 38.8. The maximum absolute atomic E-state index is 13.0. The Hall–Kier alpha value is -2.57. The molecule has 2 aliphatic rings. The van der Waals surface area contributed by atoms with Crippen LogP contribution in [0.2, 0.25) is 0 Å². The van der Waals surface area contributed by atoms with Crippen molar-refractivity contribution < 1.29 is 23.9 Å². The Bertz CT molecular complexity index is 783. The van der Waals surface area contributed by atoms with Crippen molar-refractivity contribution in [3.8, 4) is 0 Å². The van der Waals surface area contributed by atoms with E-state index in [9.17, 15) is 14.4 Å². The molecule has 0 aromatic heterocycles. The van der Waals surface area contributed by atoms with Gasteiger partial charge >= 0.3 is 12.1 Å². The van der Waals surface area contributed by atoms with Crippen LogP contribution in [-0.2, 0) is 14.3 Å². The Balaban J connectivity index is 1.67. The molecule has 158 valence electrons. The van der Waals surface area contributed by atoms with E-state index in [2.05, 4.69) is 5.32 Å². The number of piperidine rings is 1. The Morgan fingerprint density at radius 3 is 2.34 bits per heavy atom. The van der Waals surface area contributed by atoms with Crippen molar-refractivity contribution >= 4 is 18.0 Å². The molecule has 0 bridgehead atoms. The van der Waals surface area contributed by atoms with Crippen molar-refractivity contribution in [1.82, 2.24) is 10.2 Å². The van der Waals surface area contributed by atoms with Gasteiger partial charge in [0.2, 0.25) is 5.91 Å². The van der Waals surface area contributed by atoms with Crippen LogP contribution in [0.1, 0.15) is 62.5 Å². The summed E-state index contributed by atoms with van der Waals surface area (Å²) in [7, 11) is 1.34. The molecule has 1 aromatic rings. The van der Waals surface area contributed by atoms with E-state index >= 15 is 0 Å². The number of amides is 2. The Kier molecular flexibility index (Phi) is 5.87. The Morgan fingerprint density at radius 1 is 1.10 bits per heavy atom. The van der Waals surface area contributed by atoms with Crippen LogP contribution in [0, 0.1) is 11.8 Å². The fraction of sp³-hybridized carbons (Fsp3) is 0.591. The molecule has 1 heterocycles. The number of hydrogen-bond acceptors (Lipinski definition) is 5. The number of esters is 1. The highest BCUT2D eigenvalue weighted by Crippen LogP contribution is 2.47. The third-order valence-corrected chi connectivity index (χ3v) is 5.52. The van der Waals surface area contributed by atoms with E-state index in [0.717, 1.165) is 12.0 Å². The van der Waals surface area contributed by atoms with Crippen molar-refractivity contribution in [2.24, 2.45) is 11.8 Å². The fourth-order valence-electron chi connectivity index (χ4n) is 3.81. The van der Waals surface area contributed by atoms with Gasteiger partial charge in [-0.3, -0.25) is 9.69 Å². The number of benzene rings is 1. The summed E-state index contributed by atoms with van der Waals surface area (Å²) < 4.78 is 10.2. The Morgan fingerprint density at radius 2 is 1.76 bits per heavy atom. The SMILES string of the molecule is COC(=O)c1ccc([C@H](C)NC(=O)[C@H]2C[C@H]3C[C@H]3CN2C(=O)OC(C)(C)C)cc1. The minimum atomic E-state index is -0.604. The first-order valence-electron chi connectivity index (χ1n) is 10.1. The molecule has 0 unspecified atom stereocenters. The second-order valence-electron chi connectivity index (χ2n) is 8.98. The summed E-state index contributed by atoms with van der Waals surface area (Å²) in [5, 5.41) is 3.01. The second kappa shape index (κ2) is 8.05. The van der Waals surface area contributed by atoms with Crippen LogP contribution < -0.4 is 5.32 Å². The summed E-state index contributed by atoms with van der Waals surface area (Å²) in [6.07, 6.45) is 1.30. The summed E-state index contributed by atoms with van der Waals surface area (Å²) in [6.45, 7) is 7.92. The van der Waals surface area contributed by atoms with E-state index in [1.807, 2.05) is 27.7 Å². The predicted molar refractivity (Wildman–Crippen MR) is 107 cm³/mol. The summed E-state index contributed by atoms with van der Waals surface area (Å²) in [5.41, 5.74) is 0.723. The number of carbonyl (C=O) groups excluding carboxylic acids is 3. The molecule has 3 rings (SSSR count). The van der Waals surface area contributed by atoms with Gasteiger partial charge in [-0.25, -0.2) is 9.59 Å². The molecule has 1 aliphatic carbocycles. The number of hydrogen-bond donors (Lipinski definition) is 1. The van der Waals surface area contributed by atoms with E-state index in [-0.39, 0.29) is 11.9 Å². The number of methoxy groups -OCH3 is 1. The van der Waals surface area contributed by atoms with Crippen LogP contribution in [0.25, 0.3) is 0 Å². The lowest BCUT2D eigenvalue weighted by molar-refractivity contribution is -0.128. The Labute approximate surface area is 171 Å². The van der Waals surface area contributed by atoms with Crippen LogP contribution in [-0.4, -0.2) is 48.2 Å². The second-order valence-corrected chi connectivity index (χ2v) is 8.98. The van der Waals surface area contributed by atoms with E-state index in [1.165, 1.54) is 7.11 Å². The first kappa shape index (κ1) is 21.1. The maximum atomic E-state index is 13.0. The van der Waals surface area contributed by atoms with Gasteiger partial charge in [-0.2, -0.15) is 0 Å². The number of fused-ring (bicyclic) bond motifs is 1. The van der Waals surface area contributed by atoms with Crippen molar-refractivity contribution in [3.05, 3.63) is 35.4 Å². The van der Waals surface area contributed by atoms with Crippen molar-refractivity contribution in [1.29, 1.82) is 0 Å². The lowest BCUT2D eigenvalue weighted by Crippen LogP contribution is -2.54. The molecule has 0 spiro atoms. The van der Waals surface area contributed by atoms with Gasteiger partial charge < -0.3 is 14.8 Å². The third-order valence-electron chi connectivity index (χ3n) is 5.52. The van der Waals surface area contributed by atoms with Gasteiger partial charge in [-0.05, 0) is 70.1 Å². The number of nitrogens with one attached hydrogen (secondary N) is 1. The molecule has 2 fully saturated rings. The number of likely N-dealkylation sites (tertiary alicyclic amines) is 1. The van der Waals surface area contributed by atoms with Gasteiger partial charge in [0, 0.05) is 6.54 Å². The van der Waals surface area contributed by atoms with Gasteiger partial charge in [-0.15, -0.1) is 0 Å². The van der Waals surface area contributed by atoms with E-state index < -0.39 is 23.7 Å². The number of ether oxygens (including phenoxy) is 2. The molecule has 1 aromatic carbocycles. The molecule has 1 aliphatic heterocycles. The zero-order valence-corrected chi connectivity index (χ0v) is 17.7. The quantitative estimate of drug-likeness (QED) is 0.781. The number of rotatable bonds is 4. The molecule has 0 radical (unpaired) electrons. The van der Waals surface area contributed by atoms with Gasteiger partial charge in [0.25, 0.3) is 0 Å². The van der Waals surface area contributed by atoms with Crippen LogP contribution in [0.15, 0.2) is 24.3 Å². The molecule has 1 N–H and O–H groups in total. The molecule has 7 heteroatoms. The van der Waals surface area contributed by atoms with Crippen molar-refractivity contribution in [3.63, 3.8) is 0 Å². The maximum Gasteiger partial charge on any atom is 0.410 e. The van der Waals surface area contributed by atoms with E-state index in [0.29, 0.717) is 30.4 Å². The first-order valence-corrected chi connectivity index (χ1v) is 10.1. The fourth-order valence-corrected chi connectivity index (χ4v) is 3.81. The van der Waals surface area contributed by atoms with E-state index in [4.69, 9.17) is 9.47 Å². The molecule has 2 amide bonds. The van der Waals surface area contributed by atoms with Gasteiger partial charge in [0.15, 0.2) is 0 Å². The van der Waals surface area contributed by atoms with Crippen molar-refractivity contribution in [2.75, 3.05) is 13.7 Å². The average molecular weight is 402 g/mol. The van der Waals surface area contributed by atoms with Crippen LogP contribution in [0.5, 0.6) is 0 Å². The smallest absolute Gasteiger partial charge is 0.410 e. The minimum absolute atomic E-state index is 0.175. The lowest BCUT2D eigenvalue weighted by Gasteiger charge is -2.36. The zero-order chi connectivity index (χ0) is 21.3. The molecule has 1 saturated carbocycles. The average Bonchev–Trinajstić information content (AvgIpc) is 3.43. The van der Waals surface area contributed by atoms with Crippen LogP contribution in [0.3, 0.4) is 0 Å². The molecular formula is C22H30N2O5. The number of carbonyl (C=O) groups is 3. The first-order chi connectivity index (χ1) is 13.6. The van der Waals surface area contributed by atoms with Gasteiger partial charge in [-0.1, -0.05) is 12.1 Å². The standard InChI is InChI=1S/C22H30N2O5/c1-13(14-6-8-15(9-7-14)20(26)28-5)23-19(25)18-11-16-10-17(16)12-24(18)21(27)29-22(2,3)4/h6-9,13,16-18H,10-12H2,1-5H3,(H,23,25)/t13-,16+,17-,18+/m0/s1. The topological polar surface area (TPSA) is 84.9 Å². The molecule has 1 saturated heterocycles. The highest BCUT2D eigenvalue weighted by Gasteiger charge is 2.50.